The quantitative estimate of drug-likeness (QED) is 0.813. The lowest BCUT2D eigenvalue weighted by atomic mass is 10.1. The van der Waals surface area contributed by atoms with E-state index < -0.39 is 0 Å². The van der Waals surface area contributed by atoms with Crippen LogP contribution < -0.4 is 4.74 Å². The van der Waals surface area contributed by atoms with Crippen molar-refractivity contribution in [2.45, 2.75) is 13.8 Å². The number of aromatic amines is 1. The van der Waals surface area contributed by atoms with E-state index in [1.807, 2.05) is 25.3 Å². The number of aryl methyl sites for hydroxylation is 2. The molecule has 3 nitrogen and oxygen atoms in total. The van der Waals surface area contributed by atoms with Gasteiger partial charge in [0.25, 0.3) is 0 Å². The molecule has 1 N–H and O–H groups in total. The van der Waals surface area contributed by atoms with Crippen molar-refractivity contribution in [2.75, 3.05) is 7.11 Å². The molecule has 78 valence electrons. The molecule has 1 aromatic carbocycles. The van der Waals surface area contributed by atoms with Crippen LogP contribution in [0.5, 0.6) is 5.75 Å². The Morgan fingerprint density at radius 2 is 2.07 bits per heavy atom. The highest BCUT2D eigenvalue weighted by Crippen LogP contribution is 2.29. The summed E-state index contributed by atoms with van der Waals surface area (Å²) in [6.45, 7) is 4.00. The molecule has 0 fully saturated rings. The van der Waals surface area contributed by atoms with Crippen LogP contribution in [0.2, 0.25) is 0 Å². The van der Waals surface area contributed by atoms with Gasteiger partial charge in [0.15, 0.2) is 0 Å². The predicted molar refractivity (Wildman–Crippen MR) is 60.0 cm³/mol. The summed E-state index contributed by atoms with van der Waals surface area (Å²) in [6, 6.07) is 6.10. The van der Waals surface area contributed by atoms with Gasteiger partial charge in [-0.2, -0.15) is 0 Å². The van der Waals surface area contributed by atoms with Crippen LogP contribution in [0.15, 0.2) is 24.4 Å². The van der Waals surface area contributed by atoms with E-state index in [1.165, 1.54) is 5.56 Å². The summed E-state index contributed by atoms with van der Waals surface area (Å²) in [5, 5.41) is 0. The number of methoxy groups -OCH3 is 1. The number of hydrogen-bond donors (Lipinski definition) is 1. The Hall–Kier alpha value is -1.77. The minimum absolute atomic E-state index is 0.865. The lowest BCUT2D eigenvalue weighted by Gasteiger charge is -2.07. The van der Waals surface area contributed by atoms with Crippen LogP contribution in [-0.4, -0.2) is 17.1 Å². The van der Waals surface area contributed by atoms with E-state index in [1.54, 1.807) is 7.11 Å². The zero-order valence-corrected chi connectivity index (χ0v) is 9.16. The smallest absolute Gasteiger partial charge is 0.128 e. The van der Waals surface area contributed by atoms with Crippen molar-refractivity contribution >= 4 is 0 Å². The highest BCUT2D eigenvalue weighted by Gasteiger charge is 2.07. The van der Waals surface area contributed by atoms with Gasteiger partial charge >= 0.3 is 0 Å². The minimum atomic E-state index is 0.865. The molecule has 0 radical (unpaired) electrons. The largest absolute Gasteiger partial charge is 0.496 e. The average Bonchev–Trinajstić information content (AvgIpc) is 2.65. The van der Waals surface area contributed by atoms with Gasteiger partial charge in [0.05, 0.1) is 19.0 Å². The van der Waals surface area contributed by atoms with Crippen molar-refractivity contribution in [3.05, 3.63) is 35.8 Å². The summed E-state index contributed by atoms with van der Waals surface area (Å²) >= 11 is 0. The highest BCUT2D eigenvalue weighted by atomic mass is 16.5. The fourth-order valence-electron chi connectivity index (χ4n) is 1.59. The van der Waals surface area contributed by atoms with Gasteiger partial charge in [-0.25, -0.2) is 4.98 Å². The summed E-state index contributed by atoms with van der Waals surface area (Å²) in [5.41, 5.74) is 3.25. The second-order valence-corrected chi connectivity index (χ2v) is 3.59. The first kappa shape index (κ1) is 9.77. The van der Waals surface area contributed by atoms with E-state index in [0.29, 0.717) is 0 Å². The van der Waals surface area contributed by atoms with Crippen LogP contribution >= 0.6 is 0 Å². The molecule has 0 unspecified atom stereocenters. The monoisotopic (exact) mass is 202 g/mol. The second kappa shape index (κ2) is 3.77. The molecule has 1 aromatic heterocycles. The number of ether oxygens (including phenoxy) is 1. The van der Waals surface area contributed by atoms with E-state index in [2.05, 4.69) is 23.0 Å². The standard InChI is InChI=1S/C12H14N2O/c1-8-4-5-12(15-3)10(6-8)11-7-13-9(2)14-11/h4-7H,1-3H3,(H,13,14). The first-order valence-corrected chi connectivity index (χ1v) is 4.87. The first-order valence-electron chi connectivity index (χ1n) is 4.87. The van der Waals surface area contributed by atoms with Gasteiger partial charge in [0, 0.05) is 5.56 Å². The van der Waals surface area contributed by atoms with Crippen LogP contribution in [0.25, 0.3) is 11.3 Å². The maximum absolute atomic E-state index is 5.32. The Labute approximate surface area is 89.1 Å². The fraction of sp³-hybridized carbons (Fsp3) is 0.250. The lowest BCUT2D eigenvalue weighted by Crippen LogP contribution is -1.89. The van der Waals surface area contributed by atoms with Crippen LogP contribution in [0.4, 0.5) is 0 Å². The Balaban J connectivity index is 2.55. The number of rotatable bonds is 2. The zero-order valence-electron chi connectivity index (χ0n) is 9.16. The SMILES string of the molecule is COc1ccc(C)cc1-c1cnc(C)[nH]1. The molecular formula is C12H14N2O. The number of aromatic nitrogens is 2. The summed E-state index contributed by atoms with van der Waals surface area (Å²) in [4.78, 5) is 7.39. The molecule has 15 heavy (non-hydrogen) atoms. The predicted octanol–water partition coefficient (Wildman–Crippen LogP) is 2.70. The van der Waals surface area contributed by atoms with E-state index >= 15 is 0 Å². The van der Waals surface area contributed by atoms with E-state index in [9.17, 15) is 0 Å². The van der Waals surface area contributed by atoms with Crippen LogP contribution in [0.3, 0.4) is 0 Å². The van der Waals surface area contributed by atoms with Gasteiger partial charge in [0.1, 0.15) is 11.6 Å². The van der Waals surface area contributed by atoms with E-state index in [0.717, 1.165) is 22.8 Å². The van der Waals surface area contributed by atoms with Crippen molar-refractivity contribution in [2.24, 2.45) is 0 Å². The molecule has 3 heteroatoms. The molecule has 1 heterocycles. The summed E-state index contributed by atoms with van der Waals surface area (Å²) < 4.78 is 5.32. The number of nitrogens with zero attached hydrogens (tertiary/aromatic N) is 1. The summed E-state index contributed by atoms with van der Waals surface area (Å²) in [5.74, 6) is 1.78. The van der Waals surface area contributed by atoms with Gasteiger partial charge in [-0.3, -0.25) is 0 Å². The number of nitrogens with one attached hydrogen (secondary N) is 1. The van der Waals surface area contributed by atoms with Crippen molar-refractivity contribution < 1.29 is 4.74 Å². The lowest BCUT2D eigenvalue weighted by molar-refractivity contribution is 0.416. The summed E-state index contributed by atoms with van der Waals surface area (Å²) in [6.07, 6.45) is 1.83. The zero-order chi connectivity index (χ0) is 10.8. The third-order valence-electron chi connectivity index (χ3n) is 2.35. The topological polar surface area (TPSA) is 37.9 Å². The minimum Gasteiger partial charge on any atom is -0.496 e. The number of hydrogen-bond acceptors (Lipinski definition) is 2. The maximum Gasteiger partial charge on any atom is 0.128 e. The van der Waals surface area contributed by atoms with Crippen molar-refractivity contribution in [3.8, 4) is 17.0 Å². The Morgan fingerprint density at radius 1 is 1.27 bits per heavy atom. The molecule has 0 saturated carbocycles. The molecule has 0 spiro atoms. The van der Waals surface area contributed by atoms with Crippen LogP contribution in [-0.2, 0) is 0 Å². The van der Waals surface area contributed by atoms with Crippen LogP contribution in [0.1, 0.15) is 11.4 Å². The van der Waals surface area contributed by atoms with Gasteiger partial charge in [-0.05, 0) is 26.0 Å². The number of benzene rings is 1. The molecule has 0 aliphatic heterocycles. The van der Waals surface area contributed by atoms with Crippen molar-refractivity contribution in [3.63, 3.8) is 0 Å². The third-order valence-corrected chi connectivity index (χ3v) is 2.35. The second-order valence-electron chi connectivity index (χ2n) is 3.59. The van der Waals surface area contributed by atoms with Crippen molar-refractivity contribution in [1.29, 1.82) is 0 Å². The third kappa shape index (κ3) is 1.86. The molecule has 0 aliphatic rings. The molecule has 0 atom stereocenters. The molecule has 2 aromatic rings. The number of imidazole rings is 1. The van der Waals surface area contributed by atoms with Crippen molar-refractivity contribution in [1.82, 2.24) is 9.97 Å². The van der Waals surface area contributed by atoms with Gasteiger partial charge < -0.3 is 9.72 Å². The molecule has 0 bridgehead atoms. The number of H-pyrrole nitrogens is 1. The van der Waals surface area contributed by atoms with E-state index in [4.69, 9.17) is 4.74 Å². The van der Waals surface area contributed by atoms with E-state index in [-0.39, 0.29) is 0 Å². The molecule has 2 rings (SSSR count). The molecule has 0 aliphatic carbocycles. The van der Waals surface area contributed by atoms with Gasteiger partial charge in [0.2, 0.25) is 0 Å². The average molecular weight is 202 g/mol. The van der Waals surface area contributed by atoms with Gasteiger partial charge in [-0.15, -0.1) is 0 Å². The fourth-order valence-corrected chi connectivity index (χ4v) is 1.59. The molecule has 0 saturated heterocycles. The Kier molecular flexibility index (Phi) is 2.46. The Bertz CT molecular complexity index is 474. The Morgan fingerprint density at radius 3 is 2.67 bits per heavy atom. The maximum atomic E-state index is 5.32. The first-order chi connectivity index (χ1) is 7.20. The van der Waals surface area contributed by atoms with Crippen LogP contribution in [0, 0.1) is 13.8 Å². The molecule has 0 amide bonds. The summed E-state index contributed by atoms with van der Waals surface area (Å²) in [7, 11) is 1.68. The normalized spacial score (nSPS) is 10.3. The molecular weight excluding hydrogens is 188 g/mol. The highest BCUT2D eigenvalue weighted by molar-refractivity contribution is 5.67. The van der Waals surface area contributed by atoms with Gasteiger partial charge in [-0.1, -0.05) is 11.6 Å².